The van der Waals surface area contributed by atoms with Crippen molar-refractivity contribution in [1.82, 2.24) is 10.9 Å². The molecule has 8 heteroatoms. The summed E-state index contributed by atoms with van der Waals surface area (Å²) in [6.07, 6.45) is 0.124. The number of amides is 3. The summed E-state index contributed by atoms with van der Waals surface area (Å²) in [7, 11) is 0. The zero-order valence-corrected chi connectivity index (χ0v) is 16.3. The van der Waals surface area contributed by atoms with Crippen molar-refractivity contribution in [1.29, 1.82) is 0 Å². The molecular formula is C21H23N3O5. The molecule has 0 radical (unpaired) electrons. The smallest absolute Gasteiger partial charge is 0.269 e. The molecule has 152 valence electrons. The van der Waals surface area contributed by atoms with E-state index in [-0.39, 0.29) is 25.2 Å². The van der Waals surface area contributed by atoms with Gasteiger partial charge in [-0.15, -0.1) is 0 Å². The number of rotatable bonds is 6. The van der Waals surface area contributed by atoms with Gasteiger partial charge in [0, 0.05) is 5.56 Å². The first-order chi connectivity index (χ1) is 13.9. The number of ether oxygens (including phenoxy) is 2. The molecule has 2 aromatic carbocycles. The van der Waals surface area contributed by atoms with Gasteiger partial charge in [0.25, 0.3) is 17.7 Å². The molecule has 1 heterocycles. The first-order valence-corrected chi connectivity index (χ1v) is 9.26. The second kappa shape index (κ2) is 9.20. The number of carbonyl (C=O) groups excluding carboxylic acids is 3. The maximum Gasteiger partial charge on any atom is 0.269 e. The van der Waals surface area contributed by atoms with Gasteiger partial charge in [0.1, 0.15) is 12.3 Å². The van der Waals surface area contributed by atoms with Crippen LogP contribution < -0.4 is 20.5 Å². The standard InChI is InChI=1S/C21H23N3O5/c1-14(2)28-12-15-7-9-16(10-8-15)21(27)23-22-19(25)11-24-17-5-3-4-6-18(17)29-13-20(24)26/h3-10,14H,11-13H2,1-2H3,(H,22,25)(H,23,27). The molecule has 2 aromatic rings. The highest BCUT2D eigenvalue weighted by Gasteiger charge is 2.27. The van der Waals surface area contributed by atoms with E-state index in [0.29, 0.717) is 23.6 Å². The van der Waals surface area contributed by atoms with Gasteiger partial charge in [-0.05, 0) is 43.7 Å². The Hall–Kier alpha value is -3.39. The molecule has 29 heavy (non-hydrogen) atoms. The number of fused-ring (bicyclic) bond motifs is 1. The molecule has 1 aliphatic heterocycles. The highest BCUT2D eigenvalue weighted by Crippen LogP contribution is 2.31. The van der Waals surface area contributed by atoms with Gasteiger partial charge >= 0.3 is 0 Å². The number of hydrazine groups is 1. The highest BCUT2D eigenvalue weighted by molar-refractivity contribution is 6.02. The zero-order valence-electron chi connectivity index (χ0n) is 16.3. The molecule has 0 atom stereocenters. The van der Waals surface area contributed by atoms with Crippen molar-refractivity contribution in [2.75, 3.05) is 18.1 Å². The lowest BCUT2D eigenvalue weighted by atomic mass is 10.1. The molecule has 1 aliphatic rings. The molecule has 0 fully saturated rings. The number of benzene rings is 2. The van der Waals surface area contributed by atoms with Gasteiger partial charge < -0.3 is 9.47 Å². The van der Waals surface area contributed by atoms with Crippen LogP contribution in [0, 0.1) is 0 Å². The number of anilines is 1. The van der Waals surface area contributed by atoms with Crippen molar-refractivity contribution in [3.63, 3.8) is 0 Å². The number of para-hydroxylation sites is 2. The topological polar surface area (TPSA) is 97.0 Å². The van der Waals surface area contributed by atoms with Crippen LogP contribution in [0.15, 0.2) is 48.5 Å². The Morgan fingerprint density at radius 1 is 1.10 bits per heavy atom. The average Bonchev–Trinajstić information content (AvgIpc) is 2.73. The first kappa shape index (κ1) is 20.3. The van der Waals surface area contributed by atoms with Crippen LogP contribution in [-0.2, 0) is 20.9 Å². The van der Waals surface area contributed by atoms with Gasteiger partial charge in [-0.25, -0.2) is 0 Å². The fourth-order valence-electron chi connectivity index (χ4n) is 2.72. The predicted molar refractivity (Wildman–Crippen MR) is 106 cm³/mol. The minimum Gasteiger partial charge on any atom is -0.482 e. The van der Waals surface area contributed by atoms with E-state index < -0.39 is 11.8 Å². The largest absolute Gasteiger partial charge is 0.482 e. The third-order valence-electron chi connectivity index (χ3n) is 4.22. The molecule has 0 unspecified atom stereocenters. The molecule has 0 spiro atoms. The Balaban J connectivity index is 1.53. The highest BCUT2D eigenvalue weighted by atomic mass is 16.5. The Kier molecular flexibility index (Phi) is 6.46. The SMILES string of the molecule is CC(C)OCc1ccc(C(=O)NNC(=O)CN2C(=O)COc3ccccc32)cc1. The van der Waals surface area contributed by atoms with Crippen molar-refractivity contribution in [3.8, 4) is 5.75 Å². The van der Waals surface area contributed by atoms with Crippen LogP contribution in [0.25, 0.3) is 0 Å². The number of hydrogen-bond acceptors (Lipinski definition) is 5. The second-order valence-electron chi connectivity index (χ2n) is 6.80. The number of nitrogens with zero attached hydrogens (tertiary/aromatic N) is 1. The first-order valence-electron chi connectivity index (χ1n) is 9.26. The van der Waals surface area contributed by atoms with Crippen molar-refractivity contribution < 1.29 is 23.9 Å². The fourth-order valence-corrected chi connectivity index (χ4v) is 2.72. The molecule has 3 amide bonds. The lowest BCUT2D eigenvalue weighted by Crippen LogP contribution is -2.49. The van der Waals surface area contributed by atoms with Crippen molar-refractivity contribution in [3.05, 3.63) is 59.7 Å². The third-order valence-corrected chi connectivity index (χ3v) is 4.22. The van der Waals surface area contributed by atoms with Gasteiger partial charge in [-0.3, -0.25) is 30.1 Å². The summed E-state index contributed by atoms with van der Waals surface area (Å²) in [5, 5.41) is 0. The minimum atomic E-state index is -0.523. The molecule has 0 bridgehead atoms. The summed E-state index contributed by atoms with van der Waals surface area (Å²) in [5.41, 5.74) is 6.56. The lowest BCUT2D eigenvalue weighted by molar-refractivity contribution is -0.125. The van der Waals surface area contributed by atoms with Crippen molar-refractivity contribution in [2.24, 2.45) is 0 Å². The quantitative estimate of drug-likeness (QED) is 0.725. The Bertz CT molecular complexity index is 895. The van der Waals surface area contributed by atoms with E-state index in [9.17, 15) is 14.4 Å². The van der Waals surface area contributed by atoms with E-state index in [1.807, 2.05) is 13.8 Å². The Labute approximate surface area is 168 Å². The van der Waals surface area contributed by atoms with Gasteiger partial charge in [-0.1, -0.05) is 24.3 Å². The summed E-state index contributed by atoms with van der Waals surface area (Å²) in [4.78, 5) is 37.9. The van der Waals surface area contributed by atoms with Crippen molar-refractivity contribution >= 4 is 23.4 Å². The van der Waals surface area contributed by atoms with E-state index in [2.05, 4.69) is 10.9 Å². The van der Waals surface area contributed by atoms with Gasteiger partial charge in [0.2, 0.25) is 0 Å². The predicted octanol–water partition coefficient (Wildman–Crippen LogP) is 1.80. The minimum absolute atomic E-state index is 0.124. The Morgan fingerprint density at radius 2 is 1.83 bits per heavy atom. The average molecular weight is 397 g/mol. The summed E-state index contributed by atoms with van der Waals surface area (Å²) < 4.78 is 10.9. The second-order valence-corrected chi connectivity index (χ2v) is 6.80. The van der Waals surface area contributed by atoms with Crippen molar-refractivity contribution in [2.45, 2.75) is 26.6 Å². The molecule has 0 aromatic heterocycles. The van der Waals surface area contributed by atoms with Gasteiger partial charge in [0.05, 0.1) is 18.4 Å². The summed E-state index contributed by atoms with van der Waals surface area (Å²) >= 11 is 0. The van der Waals surface area contributed by atoms with Crippen LogP contribution in [0.1, 0.15) is 29.8 Å². The molecule has 3 rings (SSSR count). The molecule has 8 nitrogen and oxygen atoms in total. The van der Waals surface area contributed by atoms with Crippen LogP contribution in [0.5, 0.6) is 5.75 Å². The normalized spacial score (nSPS) is 12.9. The van der Waals surface area contributed by atoms with Crippen LogP contribution in [0.3, 0.4) is 0 Å². The summed E-state index contributed by atoms with van der Waals surface area (Å²) in [5.74, 6) is -0.774. The maximum absolute atomic E-state index is 12.2. The molecule has 0 saturated carbocycles. The van der Waals surface area contributed by atoms with Gasteiger partial charge in [0.15, 0.2) is 6.61 Å². The zero-order chi connectivity index (χ0) is 20.8. The van der Waals surface area contributed by atoms with Crippen LogP contribution in [0.2, 0.25) is 0 Å². The molecule has 2 N–H and O–H groups in total. The van der Waals surface area contributed by atoms with E-state index in [1.54, 1.807) is 48.5 Å². The number of hydrogen-bond donors (Lipinski definition) is 2. The van der Waals surface area contributed by atoms with E-state index >= 15 is 0 Å². The monoisotopic (exact) mass is 397 g/mol. The third kappa shape index (κ3) is 5.32. The van der Waals surface area contributed by atoms with Crippen LogP contribution >= 0.6 is 0 Å². The fraction of sp³-hybridized carbons (Fsp3) is 0.286. The van der Waals surface area contributed by atoms with Gasteiger partial charge in [-0.2, -0.15) is 0 Å². The lowest BCUT2D eigenvalue weighted by Gasteiger charge is -2.28. The maximum atomic E-state index is 12.2. The number of carbonyl (C=O) groups is 3. The van der Waals surface area contributed by atoms with E-state index in [1.165, 1.54) is 4.90 Å². The summed E-state index contributed by atoms with van der Waals surface area (Å²) in [6, 6.07) is 13.9. The van der Waals surface area contributed by atoms with E-state index in [0.717, 1.165) is 5.56 Å². The summed E-state index contributed by atoms with van der Waals surface area (Å²) in [6.45, 7) is 4.00. The van der Waals surface area contributed by atoms with E-state index in [4.69, 9.17) is 9.47 Å². The molecule has 0 saturated heterocycles. The number of nitrogens with one attached hydrogen (secondary N) is 2. The van der Waals surface area contributed by atoms with Crippen LogP contribution in [-0.4, -0.2) is 37.0 Å². The molecule has 0 aliphatic carbocycles. The molecular weight excluding hydrogens is 374 g/mol. The Morgan fingerprint density at radius 3 is 2.55 bits per heavy atom. The van der Waals surface area contributed by atoms with Crippen LogP contribution in [0.4, 0.5) is 5.69 Å².